The minimum absolute atomic E-state index is 0. The van der Waals surface area contributed by atoms with Gasteiger partial charge in [0.1, 0.15) is 6.04 Å². The normalized spacial score (nSPS) is 14.1. The number of halogens is 2. The van der Waals surface area contributed by atoms with Gasteiger partial charge >= 0.3 is 30.9 Å². The number of nitrogens with one attached hydrogen (secondary N) is 3. The number of para-hydroxylation sites is 1. The topological polar surface area (TPSA) is 138 Å². The van der Waals surface area contributed by atoms with Crippen LogP contribution in [0.15, 0.2) is 36.4 Å². The number of urea groups is 1. The molecular weight excluding hydrogens is 476 g/mol. The molecule has 2 aromatic rings. The number of rotatable bonds is 6. The Kier molecular flexibility index (Phi) is 11.9. The van der Waals surface area contributed by atoms with Gasteiger partial charge in [-0.05, 0) is 55.5 Å². The maximum absolute atomic E-state index is 13.0. The van der Waals surface area contributed by atoms with Crippen LogP contribution in [0.4, 0.5) is 16.2 Å². The smallest absolute Gasteiger partial charge is 0.870 e. The Morgan fingerprint density at radius 3 is 2.32 bits per heavy atom. The fourth-order valence-electron chi connectivity index (χ4n) is 3.94. The Morgan fingerprint density at radius 1 is 1.03 bits per heavy atom. The molecule has 1 saturated carbocycles. The first-order chi connectivity index (χ1) is 15.3. The number of anilines is 2. The Balaban J connectivity index is 0.00000289. The summed E-state index contributed by atoms with van der Waals surface area (Å²) in [6.45, 7) is 1.80. The fourth-order valence-corrected chi connectivity index (χ4v) is 4.38. The van der Waals surface area contributed by atoms with Crippen LogP contribution >= 0.6 is 23.2 Å². The molecule has 0 aromatic heterocycles. The SMILES string of the molecule is Cc1cccc(Cl)c1NC(=O)Nc1cc(Cl)ccc1C(=O)N[C@H](C(=O)O)C1CCCCC1.[Li+].[OH-]. The Morgan fingerprint density at radius 2 is 1.71 bits per heavy atom. The summed E-state index contributed by atoms with van der Waals surface area (Å²) < 4.78 is 0. The number of amides is 3. The van der Waals surface area contributed by atoms with Gasteiger partial charge in [0, 0.05) is 5.02 Å². The molecule has 0 radical (unpaired) electrons. The summed E-state index contributed by atoms with van der Waals surface area (Å²) in [5.41, 5.74) is 1.49. The van der Waals surface area contributed by atoms with Crippen molar-refractivity contribution in [2.45, 2.75) is 45.1 Å². The van der Waals surface area contributed by atoms with E-state index in [9.17, 15) is 19.5 Å². The van der Waals surface area contributed by atoms with Gasteiger partial charge in [0.2, 0.25) is 0 Å². The van der Waals surface area contributed by atoms with Crippen LogP contribution in [0.3, 0.4) is 0 Å². The molecule has 0 spiro atoms. The standard InChI is InChI=1S/C23H25Cl2N3O4.Li.H2O/c1-13-6-5-9-17(25)19(13)28-23(32)26-18-12-15(24)10-11-16(18)21(29)27-20(22(30)31)14-7-3-2-4-8-14;;/h5-6,9-12,14,20H,2-4,7-8H2,1H3,(H,27,29)(H,30,31)(H2,26,28,32);;1H2/q;+1;/p-1/t20-;;/m0../s1. The summed E-state index contributed by atoms with van der Waals surface area (Å²) in [7, 11) is 0. The number of aliphatic carboxylic acids is 1. The minimum atomic E-state index is -1.07. The number of carboxylic acids is 1. The number of hydrogen-bond donors (Lipinski definition) is 4. The van der Waals surface area contributed by atoms with Crippen molar-refractivity contribution in [2.75, 3.05) is 10.6 Å². The molecule has 0 unspecified atom stereocenters. The van der Waals surface area contributed by atoms with E-state index in [1.807, 2.05) is 0 Å². The Hall–Kier alpha value is -2.21. The molecule has 8 nitrogen and oxygen atoms in total. The molecule has 0 heterocycles. The zero-order valence-corrected chi connectivity index (χ0v) is 20.5. The van der Waals surface area contributed by atoms with E-state index < -0.39 is 23.9 Å². The number of hydrogen-bond acceptors (Lipinski definition) is 4. The number of carbonyl (C=O) groups excluding carboxylic acids is 2. The second-order valence-corrected chi connectivity index (χ2v) is 8.73. The molecular formula is C23H26Cl2LiN3O5. The zero-order valence-electron chi connectivity index (χ0n) is 19.0. The van der Waals surface area contributed by atoms with Gasteiger partial charge in [0.25, 0.3) is 5.91 Å². The molecule has 1 atom stereocenters. The summed E-state index contributed by atoms with van der Waals surface area (Å²) in [5.74, 6) is -1.79. The van der Waals surface area contributed by atoms with Crippen LogP contribution in [0.5, 0.6) is 0 Å². The maximum atomic E-state index is 13.0. The number of benzene rings is 2. The fraction of sp³-hybridized carbons (Fsp3) is 0.348. The molecule has 0 aliphatic heterocycles. The quantitative estimate of drug-likeness (QED) is 0.450. The van der Waals surface area contributed by atoms with Gasteiger partial charge in [-0.25, -0.2) is 9.59 Å². The van der Waals surface area contributed by atoms with Crippen LogP contribution < -0.4 is 34.8 Å². The molecule has 34 heavy (non-hydrogen) atoms. The molecule has 0 bridgehead atoms. The van der Waals surface area contributed by atoms with Gasteiger partial charge < -0.3 is 26.5 Å². The van der Waals surface area contributed by atoms with Crippen LogP contribution in [-0.2, 0) is 4.79 Å². The zero-order chi connectivity index (χ0) is 23.3. The molecule has 1 aliphatic carbocycles. The maximum Gasteiger partial charge on any atom is 1.00 e. The first-order valence-corrected chi connectivity index (χ1v) is 11.2. The molecule has 1 fully saturated rings. The van der Waals surface area contributed by atoms with Gasteiger partial charge in [-0.3, -0.25) is 4.79 Å². The van der Waals surface area contributed by atoms with Gasteiger partial charge in [0.05, 0.1) is 22.0 Å². The monoisotopic (exact) mass is 501 g/mol. The van der Waals surface area contributed by atoms with Crippen LogP contribution in [0, 0.1) is 12.8 Å². The summed E-state index contributed by atoms with van der Waals surface area (Å²) >= 11 is 12.2. The summed E-state index contributed by atoms with van der Waals surface area (Å²) in [5, 5.41) is 18.3. The van der Waals surface area contributed by atoms with Crippen LogP contribution in [0.2, 0.25) is 10.0 Å². The van der Waals surface area contributed by atoms with E-state index >= 15 is 0 Å². The van der Waals surface area contributed by atoms with Crippen molar-refractivity contribution in [3.8, 4) is 0 Å². The predicted octanol–water partition coefficient (Wildman–Crippen LogP) is 2.54. The van der Waals surface area contributed by atoms with Crippen molar-refractivity contribution in [3.63, 3.8) is 0 Å². The van der Waals surface area contributed by atoms with E-state index in [-0.39, 0.29) is 41.5 Å². The van der Waals surface area contributed by atoms with E-state index in [2.05, 4.69) is 16.0 Å². The summed E-state index contributed by atoms with van der Waals surface area (Å²) in [6.07, 6.45) is 4.46. The molecule has 1 aliphatic rings. The molecule has 11 heteroatoms. The molecule has 178 valence electrons. The second kappa shape index (κ2) is 13.6. The average Bonchev–Trinajstić information content (AvgIpc) is 2.75. The molecule has 2 aromatic carbocycles. The first kappa shape index (κ1) is 29.8. The van der Waals surface area contributed by atoms with Crippen molar-refractivity contribution in [2.24, 2.45) is 5.92 Å². The largest absolute Gasteiger partial charge is 1.00 e. The van der Waals surface area contributed by atoms with Crippen molar-refractivity contribution in [1.29, 1.82) is 0 Å². The van der Waals surface area contributed by atoms with Gasteiger partial charge in [-0.15, -0.1) is 0 Å². The summed E-state index contributed by atoms with van der Waals surface area (Å²) in [4.78, 5) is 37.4. The van der Waals surface area contributed by atoms with Gasteiger partial charge in [-0.1, -0.05) is 54.6 Å². The van der Waals surface area contributed by atoms with Gasteiger partial charge in [0.15, 0.2) is 0 Å². The van der Waals surface area contributed by atoms with E-state index in [0.29, 0.717) is 15.7 Å². The molecule has 0 saturated heterocycles. The Labute approximate surface area is 220 Å². The van der Waals surface area contributed by atoms with Crippen LogP contribution in [0.1, 0.15) is 48.0 Å². The number of carbonyl (C=O) groups is 3. The number of carboxylic acid groups (broad SMARTS) is 1. The Bertz CT molecular complexity index is 1010. The third-order valence-electron chi connectivity index (χ3n) is 5.61. The third kappa shape index (κ3) is 7.65. The van der Waals surface area contributed by atoms with Crippen LogP contribution in [0.25, 0.3) is 0 Å². The van der Waals surface area contributed by atoms with E-state index in [1.54, 1.807) is 25.1 Å². The average molecular weight is 502 g/mol. The number of aryl methyl sites for hydroxylation is 1. The molecule has 5 N–H and O–H groups in total. The van der Waals surface area contributed by atoms with E-state index in [1.165, 1.54) is 18.2 Å². The molecule has 3 amide bonds. The first-order valence-electron chi connectivity index (χ1n) is 10.4. The predicted molar refractivity (Wildman–Crippen MR) is 128 cm³/mol. The second-order valence-electron chi connectivity index (χ2n) is 7.89. The van der Waals surface area contributed by atoms with Crippen molar-refractivity contribution in [1.82, 2.24) is 5.32 Å². The van der Waals surface area contributed by atoms with Crippen LogP contribution in [-0.4, -0.2) is 34.5 Å². The van der Waals surface area contributed by atoms with Crippen molar-refractivity contribution < 1.29 is 43.8 Å². The van der Waals surface area contributed by atoms with Crippen molar-refractivity contribution in [3.05, 3.63) is 57.6 Å². The van der Waals surface area contributed by atoms with Gasteiger partial charge in [-0.2, -0.15) is 0 Å². The summed E-state index contributed by atoms with van der Waals surface area (Å²) in [6, 6.07) is 8.02. The van der Waals surface area contributed by atoms with E-state index in [0.717, 1.165) is 37.7 Å². The minimum Gasteiger partial charge on any atom is -0.870 e. The van der Waals surface area contributed by atoms with E-state index in [4.69, 9.17) is 23.2 Å². The third-order valence-corrected chi connectivity index (χ3v) is 6.16. The molecule has 3 rings (SSSR count). The van der Waals surface area contributed by atoms with Crippen molar-refractivity contribution >= 4 is 52.5 Å².